The minimum Gasteiger partial charge on any atom is -0.248 e. The van der Waals surface area contributed by atoms with E-state index in [1.807, 2.05) is 45.2 Å². The molecule has 0 radical (unpaired) electrons. The molecule has 1 heterocycles. The molecule has 1 aromatic heterocycles. The van der Waals surface area contributed by atoms with Crippen LogP contribution in [0.15, 0.2) is 10.8 Å². The Morgan fingerprint density at radius 1 is 1.42 bits per heavy atom. The van der Waals surface area contributed by atoms with E-state index >= 15 is 0 Å². The van der Waals surface area contributed by atoms with Crippen LogP contribution in [-0.4, -0.2) is 4.98 Å². The predicted octanol–water partition coefficient (Wildman–Crippen LogP) is 3.99. The maximum Gasteiger partial charge on any atom is 0.267 e. The second-order valence-electron chi connectivity index (χ2n) is 1.93. The molecule has 0 aliphatic rings. The molecule has 0 aromatic carbocycles. The third-order valence-corrected chi connectivity index (χ3v) is 4.82. The highest BCUT2D eigenvalue weighted by atomic mass is 127. The molecule has 1 nitrogen and oxygen atoms in total. The average molecular weight is 460 g/mol. The van der Waals surface area contributed by atoms with Crippen LogP contribution in [0.1, 0.15) is 12.0 Å². The molecule has 0 aliphatic heterocycles. The number of rotatable bonds is 1. The summed E-state index contributed by atoms with van der Waals surface area (Å²) in [5, 5.41) is 0. The molecule has 12 heavy (non-hydrogen) atoms. The van der Waals surface area contributed by atoms with Gasteiger partial charge in [-0.1, -0.05) is 0 Å². The summed E-state index contributed by atoms with van der Waals surface area (Å²) in [5.74, 6) is 0. The van der Waals surface area contributed by atoms with Crippen molar-refractivity contribution >= 4 is 61.1 Å². The highest BCUT2D eigenvalue weighted by molar-refractivity contribution is 14.1. The Bertz CT molecular complexity index is 306. The highest BCUT2D eigenvalue weighted by Crippen LogP contribution is 2.32. The third-order valence-electron chi connectivity index (χ3n) is 1.18. The second kappa shape index (κ2) is 4.45. The zero-order chi connectivity index (χ0) is 9.30. The highest BCUT2D eigenvalue weighted by Gasteiger charge is 2.18. The fourth-order valence-electron chi connectivity index (χ4n) is 0.645. The van der Waals surface area contributed by atoms with Crippen LogP contribution in [0.3, 0.4) is 0 Å². The maximum absolute atomic E-state index is 12.4. The zero-order valence-corrected chi connectivity index (χ0v) is 11.4. The lowest BCUT2D eigenvalue weighted by molar-refractivity contribution is 0.149. The first-order valence-electron chi connectivity index (χ1n) is 2.81. The van der Waals surface area contributed by atoms with Gasteiger partial charge in [-0.3, -0.25) is 0 Å². The summed E-state index contributed by atoms with van der Waals surface area (Å²) in [6, 6.07) is 0. The molecule has 0 unspecified atom stereocenters. The van der Waals surface area contributed by atoms with Crippen LogP contribution in [0.2, 0.25) is 0 Å². The fraction of sp³-hybridized carbons (Fsp3) is 0.167. The van der Waals surface area contributed by atoms with E-state index in [2.05, 4.69) is 20.9 Å². The Hall–Kier alpha value is 0.950. The number of aromatic nitrogens is 1. The van der Waals surface area contributed by atoms with Crippen LogP contribution in [0.5, 0.6) is 0 Å². The van der Waals surface area contributed by atoms with Gasteiger partial charge in [-0.25, -0.2) is 13.8 Å². The summed E-state index contributed by atoms with van der Waals surface area (Å²) in [4.78, 5) is 3.79. The van der Waals surface area contributed by atoms with Gasteiger partial charge >= 0.3 is 0 Å². The molecule has 66 valence electrons. The van der Waals surface area contributed by atoms with Crippen LogP contribution >= 0.6 is 61.1 Å². The van der Waals surface area contributed by atoms with E-state index in [4.69, 9.17) is 0 Å². The van der Waals surface area contributed by atoms with Gasteiger partial charge in [0.1, 0.15) is 4.60 Å². The van der Waals surface area contributed by atoms with Gasteiger partial charge in [0.25, 0.3) is 6.43 Å². The fourth-order valence-corrected chi connectivity index (χ4v) is 2.55. The number of hydrogen-bond acceptors (Lipinski definition) is 1. The van der Waals surface area contributed by atoms with Crippen molar-refractivity contribution in [3.05, 3.63) is 23.5 Å². The normalized spacial score (nSPS) is 10.8. The quantitative estimate of drug-likeness (QED) is 0.457. The van der Waals surface area contributed by atoms with Gasteiger partial charge in [0.05, 0.1) is 5.56 Å². The standard InChI is InChI=1S/C6H2BrF2I2N/c7-5-3(6(8)9)4(11)2(10)1-12-5/h1,6H. The van der Waals surface area contributed by atoms with Crippen molar-refractivity contribution in [1.29, 1.82) is 0 Å². The van der Waals surface area contributed by atoms with E-state index in [1.165, 1.54) is 0 Å². The molecule has 0 atom stereocenters. The van der Waals surface area contributed by atoms with Gasteiger partial charge in [-0.15, -0.1) is 0 Å². The molecule has 1 rings (SSSR count). The molecule has 6 heteroatoms. The molecule has 0 bridgehead atoms. The summed E-state index contributed by atoms with van der Waals surface area (Å²) >= 11 is 6.85. The summed E-state index contributed by atoms with van der Waals surface area (Å²) < 4.78 is 26.3. The van der Waals surface area contributed by atoms with Gasteiger partial charge in [0, 0.05) is 13.3 Å². The van der Waals surface area contributed by atoms with Crippen molar-refractivity contribution < 1.29 is 8.78 Å². The second-order valence-corrected chi connectivity index (χ2v) is 4.92. The van der Waals surface area contributed by atoms with Crippen LogP contribution in [0.25, 0.3) is 0 Å². The SMILES string of the molecule is FC(F)c1c(Br)ncc(I)c1I. The van der Waals surface area contributed by atoms with Gasteiger partial charge in [0.2, 0.25) is 0 Å². The monoisotopic (exact) mass is 459 g/mol. The molecule has 0 spiro atoms. The smallest absolute Gasteiger partial charge is 0.248 e. The molecule has 1 aromatic rings. The minimum atomic E-state index is -2.48. The van der Waals surface area contributed by atoms with Crippen molar-refractivity contribution in [2.45, 2.75) is 6.43 Å². The largest absolute Gasteiger partial charge is 0.267 e. The number of alkyl halides is 2. The van der Waals surface area contributed by atoms with E-state index in [-0.39, 0.29) is 10.2 Å². The molecule has 0 N–H and O–H groups in total. The summed E-state index contributed by atoms with van der Waals surface area (Å²) in [5.41, 5.74) is -0.0255. The first-order valence-corrected chi connectivity index (χ1v) is 5.76. The number of hydrogen-bond donors (Lipinski definition) is 0. The van der Waals surface area contributed by atoms with E-state index < -0.39 is 6.43 Å². The zero-order valence-electron chi connectivity index (χ0n) is 5.49. The Morgan fingerprint density at radius 2 is 2.00 bits per heavy atom. The van der Waals surface area contributed by atoms with Crippen LogP contribution in [-0.2, 0) is 0 Å². The Kier molecular flexibility index (Phi) is 4.09. The minimum absolute atomic E-state index is 0.0255. The average Bonchev–Trinajstić information content (AvgIpc) is 1.97. The van der Waals surface area contributed by atoms with Crippen molar-refractivity contribution in [1.82, 2.24) is 4.98 Å². The summed E-state index contributed by atoms with van der Waals surface area (Å²) in [6.45, 7) is 0. The molecule has 0 fully saturated rings. The van der Waals surface area contributed by atoms with Crippen molar-refractivity contribution in [2.24, 2.45) is 0 Å². The first-order chi connectivity index (χ1) is 5.54. The van der Waals surface area contributed by atoms with Gasteiger partial charge in [-0.2, -0.15) is 0 Å². The molecule has 0 saturated heterocycles. The lowest BCUT2D eigenvalue weighted by atomic mass is 10.3. The Morgan fingerprint density at radius 3 is 2.42 bits per heavy atom. The molecular formula is C6H2BrF2I2N. The molecule has 0 saturated carbocycles. The molecule has 0 aliphatic carbocycles. The topological polar surface area (TPSA) is 12.9 Å². The Balaban J connectivity index is 3.33. The predicted molar refractivity (Wildman–Crippen MR) is 62.3 cm³/mol. The van der Waals surface area contributed by atoms with E-state index in [9.17, 15) is 8.78 Å². The van der Waals surface area contributed by atoms with Gasteiger partial charge in [-0.05, 0) is 61.1 Å². The summed E-state index contributed by atoms with van der Waals surface area (Å²) in [6.07, 6.45) is -0.924. The van der Waals surface area contributed by atoms with Crippen molar-refractivity contribution in [3.8, 4) is 0 Å². The van der Waals surface area contributed by atoms with E-state index in [0.29, 0.717) is 3.57 Å². The summed E-state index contributed by atoms with van der Waals surface area (Å²) in [7, 11) is 0. The van der Waals surface area contributed by atoms with E-state index in [0.717, 1.165) is 3.57 Å². The maximum atomic E-state index is 12.4. The number of halogens is 5. The Labute approximate surface area is 104 Å². The lowest BCUT2D eigenvalue weighted by Crippen LogP contribution is -1.96. The first kappa shape index (κ1) is 11.0. The van der Waals surface area contributed by atoms with Crippen LogP contribution in [0.4, 0.5) is 8.78 Å². The van der Waals surface area contributed by atoms with Crippen molar-refractivity contribution in [2.75, 3.05) is 0 Å². The number of nitrogens with zero attached hydrogens (tertiary/aromatic N) is 1. The molecular weight excluding hydrogens is 458 g/mol. The third kappa shape index (κ3) is 2.25. The number of pyridine rings is 1. The van der Waals surface area contributed by atoms with E-state index in [1.54, 1.807) is 6.20 Å². The lowest BCUT2D eigenvalue weighted by Gasteiger charge is -2.06. The van der Waals surface area contributed by atoms with Crippen LogP contribution < -0.4 is 0 Å². The van der Waals surface area contributed by atoms with Gasteiger partial charge < -0.3 is 0 Å². The van der Waals surface area contributed by atoms with Crippen LogP contribution in [0, 0.1) is 7.14 Å². The molecule has 0 amide bonds. The van der Waals surface area contributed by atoms with Gasteiger partial charge in [0.15, 0.2) is 0 Å². The van der Waals surface area contributed by atoms with Crippen molar-refractivity contribution in [3.63, 3.8) is 0 Å².